The average Bonchev–Trinajstić information content (AvgIpc) is 3.18. The van der Waals surface area contributed by atoms with Gasteiger partial charge >= 0.3 is 5.97 Å². The Bertz CT molecular complexity index is 659. The minimum atomic E-state index is 0.0348. The van der Waals surface area contributed by atoms with Gasteiger partial charge in [-0.25, -0.2) is 0 Å². The van der Waals surface area contributed by atoms with Gasteiger partial charge in [0.1, 0.15) is 0 Å². The summed E-state index contributed by atoms with van der Waals surface area (Å²) >= 11 is 0. The summed E-state index contributed by atoms with van der Waals surface area (Å²) in [5, 5.41) is 0. The van der Waals surface area contributed by atoms with Crippen LogP contribution in [-0.4, -0.2) is 12.6 Å². The third-order valence-corrected chi connectivity index (χ3v) is 12.2. The van der Waals surface area contributed by atoms with E-state index in [9.17, 15) is 4.79 Å². The molecule has 0 saturated heterocycles. The molecular weight excluding hydrogens is 657 g/mol. The maximum atomic E-state index is 12.1. The number of carbonyl (C=O) groups excluding carboxylic acids is 1. The largest absolute Gasteiger partial charge is 0.466 e. The molecule has 324 valence electrons. The molecule has 0 N–H and O–H groups in total. The fraction of sp³-hybridized carbons (Fsp3) is 0.981. The Morgan fingerprint density at radius 3 is 0.611 bits per heavy atom. The van der Waals surface area contributed by atoms with Gasteiger partial charge < -0.3 is 4.74 Å². The van der Waals surface area contributed by atoms with Crippen LogP contribution >= 0.6 is 0 Å². The number of rotatable bonds is 49. The van der Waals surface area contributed by atoms with Gasteiger partial charge in [-0.2, -0.15) is 0 Å². The van der Waals surface area contributed by atoms with Crippen molar-refractivity contribution in [3.05, 3.63) is 0 Å². The standard InChI is InChI=1S/C52H104O2/c1-3-5-7-9-11-13-15-17-19-21-23-25-27-28-29-30-32-34-36-38-40-42-44-46-48-50-52(53)54-51-49-47-45-43-41-39-37-35-33-31-26-24-22-20-18-16-14-12-10-8-6-4-2/h3-51H2,1-2H3. The van der Waals surface area contributed by atoms with Crippen molar-refractivity contribution >= 4 is 5.97 Å². The molecule has 0 atom stereocenters. The first-order valence-electron chi connectivity index (χ1n) is 26.0. The average molecular weight is 761 g/mol. The highest BCUT2D eigenvalue weighted by Gasteiger charge is 2.03. The molecule has 0 amide bonds. The minimum Gasteiger partial charge on any atom is -0.466 e. The predicted molar refractivity (Wildman–Crippen MR) is 244 cm³/mol. The van der Waals surface area contributed by atoms with E-state index in [1.165, 1.54) is 289 Å². The number of ether oxygens (including phenoxy) is 1. The van der Waals surface area contributed by atoms with E-state index in [1.807, 2.05) is 0 Å². The summed E-state index contributed by atoms with van der Waals surface area (Å²) in [6, 6.07) is 0. The van der Waals surface area contributed by atoms with Crippen molar-refractivity contribution in [2.45, 2.75) is 322 Å². The van der Waals surface area contributed by atoms with Crippen molar-refractivity contribution in [2.24, 2.45) is 0 Å². The second-order valence-corrected chi connectivity index (χ2v) is 17.9. The van der Waals surface area contributed by atoms with Crippen LogP contribution in [0.15, 0.2) is 0 Å². The van der Waals surface area contributed by atoms with Crippen molar-refractivity contribution in [2.75, 3.05) is 6.61 Å². The zero-order chi connectivity index (χ0) is 38.9. The molecule has 0 aliphatic heterocycles. The van der Waals surface area contributed by atoms with Crippen molar-refractivity contribution in [1.82, 2.24) is 0 Å². The number of unbranched alkanes of at least 4 members (excludes halogenated alkanes) is 45. The highest BCUT2D eigenvalue weighted by Crippen LogP contribution is 2.18. The third kappa shape index (κ3) is 49.5. The lowest BCUT2D eigenvalue weighted by Crippen LogP contribution is -2.05. The second kappa shape index (κ2) is 50.5. The summed E-state index contributed by atoms with van der Waals surface area (Å²) < 4.78 is 5.50. The molecule has 2 nitrogen and oxygen atoms in total. The van der Waals surface area contributed by atoms with E-state index >= 15 is 0 Å². The molecule has 0 spiro atoms. The number of hydrogen-bond acceptors (Lipinski definition) is 2. The van der Waals surface area contributed by atoms with Crippen molar-refractivity contribution in [3.8, 4) is 0 Å². The van der Waals surface area contributed by atoms with E-state index in [4.69, 9.17) is 4.74 Å². The fourth-order valence-electron chi connectivity index (χ4n) is 8.38. The predicted octanol–water partition coefficient (Wildman–Crippen LogP) is 19.3. The quantitative estimate of drug-likeness (QED) is 0.0456. The first-order chi connectivity index (χ1) is 26.8. The lowest BCUT2D eigenvalue weighted by Gasteiger charge is -2.06. The monoisotopic (exact) mass is 761 g/mol. The molecule has 0 saturated carbocycles. The summed E-state index contributed by atoms with van der Waals surface area (Å²) in [7, 11) is 0. The Kier molecular flexibility index (Phi) is 50.0. The van der Waals surface area contributed by atoms with Crippen LogP contribution in [0.2, 0.25) is 0 Å². The van der Waals surface area contributed by atoms with Crippen LogP contribution in [0.25, 0.3) is 0 Å². The Morgan fingerprint density at radius 2 is 0.407 bits per heavy atom. The van der Waals surface area contributed by atoms with Crippen LogP contribution < -0.4 is 0 Å². The number of carbonyl (C=O) groups is 1. The van der Waals surface area contributed by atoms with Crippen LogP contribution in [-0.2, 0) is 9.53 Å². The smallest absolute Gasteiger partial charge is 0.305 e. The fourth-order valence-corrected chi connectivity index (χ4v) is 8.38. The van der Waals surface area contributed by atoms with E-state index < -0.39 is 0 Å². The van der Waals surface area contributed by atoms with E-state index in [-0.39, 0.29) is 5.97 Å². The zero-order valence-electron chi connectivity index (χ0n) is 38.0. The van der Waals surface area contributed by atoms with E-state index in [0.717, 1.165) is 12.8 Å². The molecule has 0 aromatic rings. The van der Waals surface area contributed by atoms with Crippen LogP contribution in [0.3, 0.4) is 0 Å². The van der Waals surface area contributed by atoms with Gasteiger partial charge in [0.2, 0.25) is 0 Å². The van der Waals surface area contributed by atoms with E-state index in [2.05, 4.69) is 13.8 Å². The number of esters is 1. The second-order valence-electron chi connectivity index (χ2n) is 17.9. The molecule has 54 heavy (non-hydrogen) atoms. The summed E-state index contributed by atoms with van der Waals surface area (Å²) in [6.45, 7) is 5.24. The van der Waals surface area contributed by atoms with Crippen LogP contribution in [0.5, 0.6) is 0 Å². The Labute approximate surface area is 343 Å². The van der Waals surface area contributed by atoms with Crippen molar-refractivity contribution < 1.29 is 9.53 Å². The van der Waals surface area contributed by atoms with Crippen LogP contribution in [0, 0.1) is 0 Å². The Hall–Kier alpha value is -0.530. The van der Waals surface area contributed by atoms with Gasteiger partial charge in [-0.1, -0.05) is 303 Å². The molecule has 0 radical (unpaired) electrons. The molecule has 0 aromatic carbocycles. The molecular formula is C52H104O2. The lowest BCUT2D eigenvalue weighted by molar-refractivity contribution is -0.143. The topological polar surface area (TPSA) is 26.3 Å². The summed E-state index contributed by atoms with van der Waals surface area (Å²) in [5.74, 6) is 0.0348. The maximum absolute atomic E-state index is 12.1. The maximum Gasteiger partial charge on any atom is 0.305 e. The Balaban J connectivity index is 3.14. The molecule has 0 heterocycles. The van der Waals surface area contributed by atoms with Gasteiger partial charge in [-0.05, 0) is 12.8 Å². The van der Waals surface area contributed by atoms with E-state index in [1.54, 1.807) is 0 Å². The van der Waals surface area contributed by atoms with Gasteiger partial charge in [0.05, 0.1) is 6.61 Å². The molecule has 0 unspecified atom stereocenters. The molecule has 0 fully saturated rings. The SMILES string of the molecule is CCCCCCCCCCCCCCCCCCCCCCCCCCCC(=O)OCCCCCCCCCCCCCCCCCCCCCCCC. The minimum absolute atomic E-state index is 0.0348. The van der Waals surface area contributed by atoms with Gasteiger partial charge in [0.15, 0.2) is 0 Å². The summed E-state index contributed by atoms with van der Waals surface area (Å²) in [6.07, 6.45) is 66.8. The normalized spacial score (nSPS) is 11.5. The van der Waals surface area contributed by atoms with Crippen LogP contribution in [0.1, 0.15) is 322 Å². The van der Waals surface area contributed by atoms with Gasteiger partial charge in [0.25, 0.3) is 0 Å². The Morgan fingerprint density at radius 1 is 0.241 bits per heavy atom. The molecule has 0 rings (SSSR count). The molecule has 0 aliphatic rings. The van der Waals surface area contributed by atoms with Gasteiger partial charge in [-0.3, -0.25) is 4.79 Å². The van der Waals surface area contributed by atoms with Crippen molar-refractivity contribution in [3.63, 3.8) is 0 Å². The third-order valence-electron chi connectivity index (χ3n) is 12.2. The molecule has 0 aromatic heterocycles. The summed E-state index contributed by atoms with van der Waals surface area (Å²) in [5.41, 5.74) is 0. The van der Waals surface area contributed by atoms with Gasteiger partial charge in [0, 0.05) is 6.42 Å². The zero-order valence-corrected chi connectivity index (χ0v) is 38.0. The highest BCUT2D eigenvalue weighted by molar-refractivity contribution is 5.69. The summed E-state index contributed by atoms with van der Waals surface area (Å²) in [4.78, 5) is 12.1. The van der Waals surface area contributed by atoms with Crippen LogP contribution in [0.4, 0.5) is 0 Å². The van der Waals surface area contributed by atoms with E-state index in [0.29, 0.717) is 13.0 Å². The lowest BCUT2D eigenvalue weighted by atomic mass is 10.0. The van der Waals surface area contributed by atoms with Crippen molar-refractivity contribution in [1.29, 1.82) is 0 Å². The molecule has 0 aliphatic carbocycles. The first-order valence-corrected chi connectivity index (χ1v) is 26.0. The first kappa shape index (κ1) is 53.5. The number of hydrogen-bond donors (Lipinski definition) is 0. The molecule has 0 bridgehead atoms. The van der Waals surface area contributed by atoms with Gasteiger partial charge in [-0.15, -0.1) is 0 Å². The molecule has 2 heteroatoms. The highest BCUT2D eigenvalue weighted by atomic mass is 16.5.